The molecule has 104 valence electrons. The Morgan fingerprint density at radius 3 is 2.42 bits per heavy atom. The Balaban J connectivity index is 3.32. The lowest BCUT2D eigenvalue weighted by molar-refractivity contribution is -0.138. The van der Waals surface area contributed by atoms with Crippen LogP contribution in [0.2, 0.25) is 0 Å². The second-order valence-corrected chi connectivity index (χ2v) is 4.52. The second-order valence-electron chi connectivity index (χ2n) is 4.18. The van der Waals surface area contributed by atoms with Crippen molar-refractivity contribution in [2.75, 3.05) is 0 Å². The molecule has 1 rings (SSSR count). The minimum Gasteiger partial charge on any atom is -0.276 e. The molecule has 0 N–H and O–H groups in total. The van der Waals surface area contributed by atoms with E-state index in [-0.39, 0.29) is 17.5 Å². The first-order valence-electron chi connectivity index (χ1n) is 5.83. The van der Waals surface area contributed by atoms with E-state index >= 15 is 0 Å². The molecule has 0 amide bonds. The number of hydrogen-bond donors (Lipinski definition) is 0. The van der Waals surface area contributed by atoms with Crippen LogP contribution < -0.4 is 0 Å². The Labute approximate surface area is 115 Å². The molecule has 0 bridgehead atoms. The molecular weight excluding hydrogens is 277 g/mol. The van der Waals surface area contributed by atoms with Gasteiger partial charge in [0.1, 0.15) is 0 Å². The fraction of sp³-hybridized carbons (Fsp3) is 0.357. The largest absolute Gasteiger partial charge is 0.416 e. The molecule has 0 atom stereocenters. The summed E-state index contributed by atoms with van der Waals surface area (Å²) >= 11 is 5.29. The van der Waals surface area contributed by atoms with Gasteiger partial charge in [-0.3, -0.25) is 4.79 Å². The van der Waals surface area contributed by atoms with Crippen molar-refractivity contribution >= 4 is 16.8 Å². The zero-order chi connectivity index (χ0) is 14.6. The summed E-state index contributed by atoms with van der Waals surface area (Å²) in [6.07, 6.45) is -0.0641. The summed E-state index contributed by atoms with van der Waals surface area (Å²) in [6, 6.07) is 2.21. The van der Waals surface area contributed by atoms with Crippen molar-refractivity contribution in [2.24, 2.45) is 0 Å². The lowest BCUT2D eigenvalue weighted by atomic mass is 9.97. The van der Waals surface area contributed by atoms with E-state index in [2.05, 4.69) is 0 Å². The summed E-state index contributed by atoms with van der Waals surface area (Å²) < 4.78 is 38.9. The summed E-state index contributed by atoms with van der Waals surface area (Å²) in [5.41, 5.74) is -0.302. The third-order valence-electron chi connectivity index (χ3n) is 2.71. The molecule has 0 aliphatic heterocycles. The highest BCUT2D eigenvalue weighted by molar-refractivity contribution is 6.67. The van der Waals surface area contributed by atoms with Crippen LogP contribution in [0.4, 0.5) is 13.2 Å². The Kier molecular flexibility index (Phi) is 5.18. The first-order valence-corrected chi connectivity index (χ1v) is 6.20. The summed E-state index contributed by atoms with van der Waals surface area (Å²) in [6.45, 7) is 3.48. The highest BCUT2D eigenvalue weighted by Gasteiger charge is 2.34. The molecule has 1 aromatic carbocycles. The van der Waals surface area contributed by atoms with Gasteiger partial charge in [0.05, 0.1) is 5.56 Å². The lowest BCUT2D eigenvalue weighted by Crippen LogP contribution is -2.11. The SMILES string of the molecule is CC/C=C/Cc1cc(C)c(C(=O)Cl)cc1C(F)(F)F. The van der Waals surface area contributed by atoms with Crippen LogP contribution in [0.3, 0.4) is 0 Å². The van der Waals surface area contributed by atoms with Crippen LogP contribution in [-0.4, -0.2) is 5.24 Å². The van der Waals surface area contributed by atoms with Crippen molar-refractivity contribution in [3.05, 3.63) is 46.5 Å². The van der Waals surface area contributed by atoms with Gasteiger partial charge in [0.2, 0.25) is 0 Å². The van der Waals surface area contributed by atoms with E-state index in [9.17, 15) is 18.0 Å². The minimum absolute atomic E-state index is 0.0998. The molecule has 0 fully saturated rings. The number of rotatable bonds is 4. The van der Waals surface area contributed by atoms with Crippen molar-refractivity contribution in [1.82, 2.24) is 0 Å². The monoisotopic (exact) mass is 290 g/mol. The molecule has 1 nitrogen and oxygen atoms in total. The Bertz CT molecular complexity index is 504. The third kappa shape index (κ3) is 4.10. The number of hydrogen-bond acceptors (Lipinski definition) is 1. The molecule has 0 aliphatic rings. The Morgan fingerprint density at radius 2 is 1.95 bits per heavy atom. The van der Waals surface area contributed by atoms with Crippen LogP contribution in [-0.2, 0) is 12.6 Å². The van der Waals surface area contributed by atoms with Gasteiger partial charge in [-0.25, -0.2) is 0 Å². The summed E-state index contributed by atoms with van der Waals surface area (Å²) in [7, 11) is 0. The van der Waals surface area contributed by atoms with Gasteiger partial charge in [-0.2, -0.15) is 13.2 Å². The minimum atomic E-state index is -4.50. The molecule has 0 aromatic heterocycles. The molecule has 0 aliphatic carbocycles. The van der Waals surface area contributed by atoms with E-state index in [4.69, 9.17) is 11.6 Å². The number of halogens is 4. The summed E-state index contributed by atoms with van der Waals surface area (Å²) in [5, 5.41) is -0.876. The van der Waals surface area contributed by atoms with Gasteiger partial charge in [0.15, 0.2) is 0 Å². The van der Waals surface area contributed by atoms with Gasteiger partial charge in [-0.1, -0.05) is 25.1 Å². The van der Waals surface area contributed by atoms with Gasteiger partial charge < -0.3 is 0 Å². The van der Waals surface area contributed by atoms with Gasteiger partial charge >= 0.3 is 6.18 Å². The molecule has 0 saturated heterocycles. The number of carbonyl (C=O) groups is 1. The quantitative estimate of drug-likeness (QED) is 0.569. The summed E-state index contributed by atoms with van der Waals surface area (Å²) in [4.78, 5) is 11.1. The van der Waals surface area contributed by atoms with Gasteiger partial charge in [0, 0.05) is 5.56 Å². The predicted molar refractivity (Wildman–Crippen MR) is 69.5 cm³/mol. The van der Waals surface area contributed by atoms with Crippen LogP contribution in [0.5, 0.6) is 0 Å². The third-order valence-corrected chi connectivity index (χ3v) is 2.91. The van der Waals surface area contributed by atoms with Gasteiger partial charge in [-0.05, 0) is 48.6 Å². The highest BCUT2D eigenvalue weighted by atomic mass is 35.5. The lowest BCUT2D eigenvalue weighted by Gasteiger charge is -2.14. The van der Waals surface area contributed by atoms with Crippen LogP contribution >= 0.6 is 11.6 Å². The Morgan fingerprint density at radius 1 is 1.32 bits per heavy atom. The molecule has 0 radical (unpaired) electrons. The fourth-order valence-corrected chi connectivity index (χ4v) is 1.99. The van der Waals surface area contributed by atoms with Gasteiger partial charge in [0.25, 0.3) is 5.24 Å². The van der Waals surface area contributed by atoms with Crippen LogP contribution in [0.15, 0.2) is 24.3 Å². The first-order chi connectivity index (χ1) is 8.77. The predicted octanol–water partition coefficient (Wildman–Crippen LogP) is 4.90. The topological polar surface area (TPSA) is 17.1 Å². The van der Waals surface area contributed by atoms with Crippen molar-refractivity contribution in [3.8, 4) is 0 Å². The number of carbonyl (C=O) groups excluding carboxylic acids is 1. The van der Waals surface area contributed by atoms with Crippen LogP contribution in [0.1, 0.15) is 40.4 Å². The van der Waals surface area contributed by atoms with E-state index < -0.39 is 17.0 Å². The maximum absolute atomic E-state index is 13.0. The molecule has 0 saturated carbocycles. The maximum atomic E-state index is 13.0. The van der Waals surface area contributed by atoms with Crippen LogP contribution in [0.25, 0.3) is 0 Å². The first kappa shape index (κ1) is 15.8. The van der Waals surface area contributed by atoms with E-state index in [1.54, 1.807) is 19.1 Å². The average Bonchev–Trinajstić information content (AvgIpc) is 2.27. The molecule has 0 heterocycles. The average molecular weight is 291 g/mol. The second kappa shape index (κ2) is 6.24. The van der Waals surface area contributed by atoms with E-state index in [0.717, 1.165) is 12.5 Å². The number of aryl methyl sites for hydroxylation is 1. The van der Waals surface area contributed by atoms with Gasteiger partial charge in [-0.15, -0.1) is 0 Å². The van der Waals surface area contributed by atoms with Crippen molar-refractivity contribution in [3.63, 3.8) is 0 Å². The maximum Gasteiger partial charge on any atom is 0.416 e. The molecule has 5 heteroatoms. The van der Waals surface area contributed by atoms with Crippen molar-refractivity contribution in [1.29, 1.82) is 0 Å². The molecule has 0 unspecified atom stereocenters. The van der Waals surface area contributed by atoms with E-state index in [0.29, 0.717) is 5.56 Å². The number of benzene rings is 1. The number of alkyl halides is 3. The molecule has 0 spiro atoms. The Hall–Kier alpha value is -1.29. The molecule has 1 aromatic rings. The normalized spacial score (nSPS) is 12.1. The number of allylic oxidation sites excluding steroid dienone is 2. The summed E-state index contributed by atoms with van der Waals surface area (Å²) in [5.74, 6) is 0. The zero-order valence-electron chi connectivity index (χ0n) is 10.6. The smallest absolute Gasteiger partial charge is 0.276 e. The van der Waals surface area contributed by atoms with Crippen LogP contribution in [0, 0.1) is 6.92 Å². The highest BCUT2D eigenvalue weighted by Crippen LogP contribution is 2.34. The molecular formula is C14H14ClF3O. The standard InChI is InChI=1S/C14H14ClF3O/c1-3-4-5-6-10-7-9(2)11(13(15)19)8-12(10)14(16,17)18/h4-5,7-8H,3,6H2,1-2H3/b5-4+. The van der Waals surface area contributed by atoms with Crippen molar-refractivity contribution < 1.29 is 18.0 Å². The van der Waals surface area contributed by atoms with E-state index in [1.165, 1.54) is 6.07 Å². The van der Waals surface area contributed by atoms with Crippen molar-refractivity contribution in [2.45, 2.75) is 32.9 Å². The molecule has 19 heavy (non-hydrogen) atoms. The van der Waals surface area contributed by atoms with E-state index in [1.807, 2.05) is 6.92 Å². The zero-order valence-corrected chi connectivity index (χ0v) is 11.4. The fourth-order valence-electron chi connectivity index (χ4n) is 1.79.